The van der Waals surface area contributed by atoms with Gasteiger partial charge in [-0.2, -0.15) is 0 Å². The fourth-order valence-electron chi connectivity index (χ4n) is 10.1. The third-order valence-electron chi connectivity index (χ3n) is 13.2. The maximum Gasteiger partial charge on any atom is 0.309 e. The SMILES string of the molecule is CCCCC[C@@H]1C=C[C@@H](CCCCC[C@H](C(=O)O)[C@H](O)[C@@H]2C=C[C@H]3[C@@H](CC4=CCNC(N)=C4)C[C@@H](Cc4cc(Cc5ccc(O)cc5)c[nH]4)[C@@]3(O)C2)[C@H](O)C1. The van der Waals surface area contributed by atoms with Crippen LogP contribution in [0.4, 0.5) is 0 Å². The highest BCUT2D eigenvalue weighted by Gasteiger charge is 2.55. The van der Waals surface area contributed by atoms with Crippen LogP contribution in [0.5, 0.6) is 5.75 Å². The van der Waals surface area contributed by atoms with Crippen molar-refractivity contribution in [2.45, 2.75) is 121 Å². The summed E-state index contributed by atoms with van der Waals surface area (Å²) in [6.45, 7) is 2.89. The molecule has 1 aliphatic heterocycles. The second-order valence-corrected chi connectivity index (χ2v) is 17.2. The zero-order chi connectivity index (χ0) is 39.0. The van der Waals surface area contributed by atoms with Gasteiger partial charge in [0.1, 0.15) is 5.75 Å². The Morgan fingerprint density at radius 2 is 1.78 bits per heavy atom. The minimum atomic E-state index is -1.11. The van der Waals surface area contributed by atoms with E-state index in [4.69, 9.17) is 5.73 Å². The third kappa shape index (κ3) is 10.5. The lowest BCUT2D eigenvalue weighted by Crippen LogP contribution is -2.48. The number of nitrogens with one attached hydrogen (secondary N) is 2. The number of carbonyl (C=O) groups is 1. The van der Waals surface area contributed by atoms with Gasteiger partial charge in [-0.1, -0.05) is 88.0 Å². The van der Waals surface area contributed by atoms with Crippen molar-refractivity contribution in [1.29, 1.82) is 0 Å². The number of allylic oxidation sites excluding steroid dienone is 3. The Labute approximate surface area is 327 Å². The maximum atomic E-state index is 12.7. The lowest BCUT2D eigenvalue weighted by Gasteiger charge is -2.42. The second kappa shape index (κ2) is 18.9. The number of dihydropyridines is 1. The topological polar surface area (TPSA) is 172 Å². The van der Waals surface area contributed by atoms with Crippen molar-refractivity contribution in [3.8, 4) is 5.75 Å². The number of carboxylic acid groups (broad SMARTS) is 1. The number of H-pyrrole nitrogens is 1. The predicted octanol–water partition coefficient (Wildman–Crippen LogP) is 7.28. The molecule has 1 aromatic carbocycles. The molecular formula is C46H65N3O6. The monoisotopic (exact) mass is 755 g/mol. The van der Waals surface area contributed by atoms with Crippen molar-refractivity contribution in [2.75, 3.05) is 6.54 Å². The summed E-state index contributed by atoms with van der Waals surface area (Å²) < 4.78 is 0. The van der Waals surface area contributed by atoms with E-state index >= 15 is 0 Å². The minimum absolute atomic E-state index is 0.0925. The van der Waals surface area contributed by atoms with E-state index in [2.05, 4.69) is 47.6 Å². The van der Waals surface area contributed by atoms with E-state index in [1.54, 1.807) is 12.1 Å². The van der Waals surface area contributed by atoms with Gasteiger partial charge in [0, 0.05) is 36.2 Å². The number of phenolic OH excluding ortho intramolecular Hbond substituents is 1. The number of aliphatic carboxylic acids is 1. The zero-order valence-corrected chi connectivity index (χ0v) is 32.7. The number of rotatable bonds is 19. The molecule has 0 amide bonds. The second-order valence-electron chi connectivity index (χ2n) is 17.2. The smallest absolute Gasteiger partial charge is 0.309 e. The molecule has 10 atom stereocenters. The summed E-state index contributed by atoms with van der Waals surface area (Å²) in [5, 5.41) is 58.3. The Hall–Kier alpha value is -3.79. The van der Waals surface area contributed by atoms with Gasteiger partial charge < -0.3 is 41.6 Å². The first-order valence-electron chi connectivity index (χ1n) is 21.0. The van der Waals surface area contributed by atoms with Crippen LogP contribution in [0.25, 0.3) is 0 Å². The fourth-order valence-corrected chi connectivity index (χ4v) is 10.1. The molecule has 1 saturated carbocycles. The number of aromatic amines is 1. The van der Waals surface area contributed by atoms with Crippen LogP contribution in [0.3, 0.4) is 0 Å². The standard InChI is InChI=1S/C46H65N3O6/c1-2-3-5-8-30-11-14-34(42(51)24-30)9-6-4-7-10-40(45(53)54)44(52)35-15-18-41-36(22-32-19-20-48-43(47)25-32)26-37(46(41,55)28-35)27-38-23-33(29-49-38)21-31-12-16-39(50)17-13-31/h11-19,23,25,29-30,34-37,40-42,44,48-52,55H,2-10,20-22,24,26-28,47H2,1H3,(H,53,54)/t30-,34-,35-,36+,37+,40+,41+,42-,44-,46+/m1/s1. The number of aromatic nitrogens is 1. The lowest BCUT2D eigenvalue weighted by molar-refractivity contribution is -0.148. The van der Waals surface area contributed by atoms with Crippen molar-refractivity contribution in [3.63, 3.8) is 0 Å². The van der Waals surface area contributed by atoms with Crippen LogP contribution >= 0.6 is 0 Å². The first kappa shape index (κ1) is 40.9. The van der Waals surface area contributed by atoms with Crippen molar-refractivity contribution >= 4 is 5.97 Å². The Kier molecular flexibility index (Phi) is 14.0. The van der Waals surface area contributed by atoms with E-state index < -0.39 is 29.5 Å². The molecular weight excluding hydrogens is 691 g/mol. The van der Waals surface area contributed by atoms with Crippen LogP contribution < -0.4 is 11.1 Å². The highest BCUT2D eigenvalue weighted by atomic mass is 16.4. The number of fused-ring (bicyclic) bond motifs is 1. The quantitative estimate of drug-likeness (QED) is 0.0546. The van der Waals surface area contributed by atoms with Crippen LogP contribution in [0.2, 0.25) is 0 Å². The van der Waals surface area contributed by atoms with Crippen molar-refractivity contribution < 1.29 is 30.3 Å². The first-order chi connectivity index (χ1) is 26.5. The predicted molar refractivity (Wildman–Crippen MR) is 217 cm³/mol. The van der Waals surface area contributed by atoms with Gasteiger partial charge >= 0.3 is 5.97 Å². The molecule has 1 fully saturated rings. The molecule has 3 aliphatic carbocycles. The summed E-state index contributed by atoms with van der Waals surface area (Å²) in [6.07, 6.45) is 25.8. The molecule has 9 heteroatoms. The Morgan fingerprint density at radius 3 is 2.53 bits per heavy atom. The Balaban J connectivity index is 1.08. The molecule has 9 nitrogen and oxygen atoms in total. The fraction of sp³-hybridized carbons (Fsp3) is 0.587. The van der Waals surface area contributed by atoms with E-state index in [0.29, 0.717) is 44.0 Å². The van der Waals surface area contributed by atoms with E-state index in [1.807, 2.05) is 30.5 Å². The molecule has 2 aromatic rings. The van der Waals surface area contributed by atoms with E-state index in [0.717, 1.165) is 73.8 Å². The summed E-state index contributed by atoms with van der Waals surface area (Å²) in [4.78, 5) is 16.0. The van der Waals surface area contributed by atoms with Crippen LogP contribution in [-0.4, -0.2) is 60.8 Å². The van der Waals surface area contributed by atoms with Crippen LogP contribution in [0, 0.1) is 41.4 Å². The summed E-state index contributed by atoms with van der Waals surface area (Å²) in [7, 11) is 0. The molecule has 2 heterocycles. The highest BCUT2D eigenvalue weighted by molar-refractivity contribution is 5.70. The van der Waals surface area contributed by atoms with Gasteiger partial charge in [0.05, 0.1) is 29.5 Å². The van der Waals surface area contributed by atoms with Gasteiger partial charge in [0.15, 0.2) is 0 Å². The largest absolute Gasteiger partial charge is 0.508 e. The molecule has 0 radical (unpaired) electrons. The number of nitrogens with two attached hydrogens (primary N) is 1. The average Bonchev–Trinajstić information content (AvgIpc) is 3.71. The van der Waals surface area contributed by atoms with Gasteiger partial charge in [-0.15, -0.1) is 0 Å². The number of unbranched alkanes of at least 4 members (excludes halogenated alkanes) is 4. The summed E-state index contributed by atoms with van der Waals surface area (Å²) in [5.74, 6) is -0.931. The van der Waals surface area contributed by atoms with Gasteiger partial charge in [-0.25, -0.2) is 0 Å². The summed E-state index contributed by atoms with van der Waals surface area (Å²) in [6, 6.07) is 9.38. The molecule has 300 valence electrons. The molecule has 9 N–H and O–H groups in total. The van der Waals surface area contributed by atoms with Crippen LogP contribution in [-0.2, 0) is 17.6 Å². The van der Waals surface area contributed by atoms with Crippen molar-refractivity contribution in [2.24, 2.45) is 47.2 Å². The third-order valence-corrected chi connectivity index (χ3v) is 13.2. The number of benzene rings is 1. The van der Waals surface area contributed by atoms with Gasteiger partial charge in [0.25, 0.3) is 0 Å². The van der Waals surface area contributed by atoms with Crippen molar-refractivity contribution in [1.82, 2.24) is 10.3 Å². The number of hydrogen-bond donors (Lipinski definition) is 8. The van der Waals surface area contributed by atoms with Crippen LogP contribution in [0.1, 0.15) is 107 Å². The molecule has 0 spiro atoms. The summed E-state index contributed by atoms with van der Waals surface area (Å²) >= 11 is 0. The number of carboxylic acids is 1. The summed E-state index contributed by atoms with van der Waals surface area (Å²) in [5.41, 5.74) is 9.41. The van der Waals surface area contributed by atoms with Gasteiger partial charge in [-0.05, 0) is 117 Å². The zero-order valence-electron chi connectivity index (χ0n) is 32.7. The first-order valence-corrected chi connectivity index (χ1v) is 21.0. The number of aliphatic hydroxyl groups excluding tert-OH is 2. The molecule has 4 aliphatic rings. The highest BCUT2D eigenvalue weighted by Crippen LogP contribution is 2.54. The number of aromatic hydroxyl groups is 1. The average molecular weight is 756 g/mol. The molecule has 0 saturated heterocycles. The molecule has 55 heavy (non-hydrogen) atoms. The number of hydrogen-bond acceptors (Lipinski definition) is 7. The van der Waals surface area contributed by atoms with E-state index in [-0.39, 0.29) is 35.5 Å². The Morgan fingerprint density at radius 1 is 0.982 bits per heavy atom. The molecule has 0 unspecified atom stereocenters. The maximum absolute atomic E-state index is 12.7. The normalized spacial score (nSPS) is 29.9. The molecule has 0 bridgehead atoms. The molecule has 6 rings (SSSR count). The molecule has 1 aromatic heterocycles. The van der Waals surface area contributed by atoms with Crippen molar-refractivity contribution in [3.05, 3.63) is 101 Å². The van der Waals surface area contributed by atoms with Gasteiger partial charge in [-0.3, -0.25) is 4.79 Å². The Bertz CT molecular complexity index is 1680. The minimum Gasteiger partial charge on any atom is -0.508 e. The van der Waals surface area contributed by atoms with Crippen LogP contribution in [0.15, 0.2) is 84.4 Å². The lowest BCUT2D eigenvalue weighted by atomic mass is 9.68. The van der Waals surface area contributed by atoms with Gasteiger partial charge in [0.2, 0.25) is 0 Å². The number of phenols is 1. The number of aliphatic hydroxyl groups is 3. The van der Waals surface area contributed by atoms with E-state index in [1.165, 1.54) is 19.3 Å². The van der Waals surface area contributed by atoms with E-state index in [9.17, 15) is 30.3 Å².